The van der Waals surface area contributed by atoms with Crippen LogP contribution in [0.4, 0.5) is 0 Å². The molecule has 7 rings (SSSR count). The molecule has 230 valence electrons. The van der Waals surface area contributed by atoms with Crippen molar-refractivity contribution in [2.45, 2.75) is 90.3 Å². The number of aliphatic hydroxyl groups is 2. The molecule has 1 aliphatic heterocycles. The molecule has 43 heavy (non-hydrogen) atoms. The van der Waals surface area contributed by atoms with Crippen LogP contribution in [0.5, 0.6) is 0 Å². The van der Waals surface area contributed by atoms with Crippen LogP contribution in [0.3, 0.4) is 0 Å². The molecule has 0 bridgehead atoms. The third kappa shape index (κ3) is 3.66. The molecule has 3 saturated carbocycles. The number of ether oxygens (including phenoxy) is 3. The van der Waals surface area contributed by atoms with E-state index < -0.39 is 58.1 Å². The topological polar surface area (TPSA) is 115 Å². The summed E-state index contributed by atoms with van der Waals surface area (Å²) in [4.78, 5) is 26.2. The fraction of sp³-hybridized carbons (Fsp3) is 0.600. The Kier molecular flexibility index (Phi) is 6.38. The quantitative estimate of drug-likeness (QED) is 0.376. The zero-order valence-electron chi connectivity index (χ0n) is 25.5. The van der Waals surface area contributed by atoms with Crippen LogP contribution in [0.1, 0.15) is 75.7 Å². The normalized spacial score (nSPS) is 46.3. The molecule has 4 fully saturated rings. The van der Waals surface area contributed by atoms with E-state index in [0.29, 0.717) is 25.0 Å². The zero-order valence-corrected chi connectivity index (χ0v) is 25.5. The lowest BCUT2D eigenvalue weighted by molar-refractivity contribution is -0.265. The van der Waals surface area contributed by atoms with Crippen LogP contribution in [0.25, 0.3) is 0 Å². The monoisotopic (exact) mass is 590 g/mol. The van der Waals surface area contributed by atoms with Crippen molar-refractivity contribution in [2.24, 2.45) is 33.5 Å². The third-order valence-corrected chi connectivity index (χ3v) is 12.7. The minimum Gasteiger partial charge on any atom is -0.472 e. The Morgan fingerprint density at radius 2 is 1.70 bits per heavy atom. The summed E-state index contributed by atoms with van der Waals surface area (Å²) in [6.07, 6.45) is 3.74. The molecule has 8 heteroatoms. The van der Waals surface area contributed by atoms with E-state index in [1.807, 2.05) is 19.1 Å². The maximum absolute atomic E-state index is 13.5. The Morgan fingerprint density at radius 1 is 0.953 bits per heavy atom. The Bertz CT molecular complexity index is 1450. The minimum absolute atomic E-state index is 0.00393. The van der Waals surface area contributed by atoms with Crippen molar-refractivity contribution >= 4 is 11.9 Å². The molecule has 2 aromatic rings. The van der Waals surface area contributed by atoms with Crippen LogP contribution in [-0.2, 0) is 19.0 Å². The molecule has 1 saturated heterocycles. The summed E-state index contributed by atoms with van der Waals surface area (Å²) in [7, 11) is 0. The third-order valence-electron chi connectivity index (χ3n) is 12.7. The Labute approximate surface area is 252 Å². The van der Waals surface area contributed by atoms with Gasteiger partial charge in [0.2, 0.25) is 0 Å². The predicted molar refractivity (Wildman–Crippen MR) is 156 cm³/mol. The van der Waals surface area contributed by atoms with Crippen molar-refractivity contribution in [1.82, 2.24) is 0 Å². The summed E-state index contributed by atoms with van der Waals surface area (Å²) in [6, 6.07) is 10.9. The maximum atomic E-state index is 13.5. The minimum atomic E-state index is -0.875. The largest absolute Gasteiger partial charge is 0.472 e. The SMILES string of the molecule is CC(=O)OC1CC2C(C)(C3=CCC(c4ccoc4)C31C)C(O)C1OCC3(C)C(O)CC(OC(=O)c4ccccc4)C2(C)C13. The summed E-state index contributed by atoms with van der Waals surface area (Å²) in [6.45, 7) is 10.2. The van der Waals surface area contributed by atoms with Crippen molar-refractivity contribution in [2.75, 3.05) is 6.61 Å². The summed E-state index contributed by atoms with van der Waals surface area (Å²) in [5.41, 5.74) is -0.190. The first-order chi connectivity index (χ1) is 20.4. The van der Waals surface area contributed by atoms with Gasteiger partial charge < -0.3 is 28.8 Å². The number of carbonyl (C=O) groups is 2. The van der Waals surface area contributed by atoms with Gasteiger partial charge in [-0.05, 0) is 42.5 Å². The van der Waals surface area contributed by atoms with Crippen LogP contribution < -0.4 is 0 Å². The van der Waals surface area contributed by atoms with Crippen LogP contribution in [0.15, 0.2) is 65.0 Å². The van der Waals surface area contributed by atoms with Crippen molar-refractivity contribution < 1.29 is 38.4 Å². The standard InChI is InChI=1S/C35H42O8/c1-19(36)42-26-15-24-34(4,23-12-11-22(33(23,26)3)21-13-14-40-17-21)30(38)28-29-32(2,18-41-28)25(37)16-27(35(24,29)5)43-31(39)20-9-7-6-8-10-20/h6-10,12-14,17,22,24-30,37-38H,11,15-16,18H2,1-5H3. The highest BCUT2D eigenvalue weighted by Crippen LogP contribution is 2.75. The van der Waals surface area contributed by atoms with Crippen LogP contribution in [0.2, 0.25) is 0 Å². The van der Waals surface area contributed by atoms with Gasteiger partial charge in [0.25, 0.3) is 0 Å². The number of aliphatic hydroxyl groups excluding tert-OH is 2. The number of esters is 2. The molecule has 4 aliphatic carbocycles. The fourth-order valence-electron chi connectivity index (χ4n) is 10.7. The summed E-state index contributed by atoms with van der Waals surface area (Å²) in [5.74, 6) is -1.34. The summed E-state index contributed by atoms with van der Waals surface area (Å²) in [5, 5.41) is 24.0. The summed E-state index contributed by atoms with van der Waals surface area (Å²) < 4.78 is 24.5. The highest BCUT2D eigenvalue weighted by atomic mass is 16.6. The second-order valence-corrected chi connectivity index (χ2v) is 14.5. The van der Waals surface area contributed by atoms with Crippen molar-refractivity contribution in [3.63, 3.8) is 0 Å². The average Bonchev–Trinajstić information content (AvgIpc) is 3.71. The molecular weight excluding hydrogens is 548 g/mol. The number of hydrogen-bond donors (Lipinski definition) is 2. The van der Waals surface area contributed by atoms with Gasteiger partial charge in [-0.3, -0.25) is 4.79 Å². The fourth-order valence-corrected chi connectivity index (χ4v) is 10.7. The van der Waals surface area contributed by atoms with Gasteiger partial charge in [0, 0.05) is 46.8 Å². The van der Waals surface area contributed by atoms with Gasteiger partial charge in [-0.2, -0.15) is 0 Å². The summed E-state index contributed by atoms with van der Waals surface area (Å²) >= 11 is 0. The number of carbonyl (C=O) groups excluding carboxylic acids is 2. The molecule has 0 radical (unpaired) electrons. The molecular formula is C35H42O8. The van der Waals surface area contributed by atoms with Crippen molar-refractivity contribution in [3.8, 4) is 0 Å². The molecule has 1 aromatic carbocycles. The van der Waals surface area contributed by atoms with Gasteiger partial charge >= 0.3 is 11.9 Å². The van der Waals surface area contributed by atoms with E-state index in [4.69, 9.17) is 18.6 Å². The van der Waals surface area contributed by atoms with E-state index in [-0.39, 0.29) is 30.1 Å². The first-order valence-corrected chi connectivity index (χ1v) is 15.5. The average molecular weight is 591 g/mol. The molecule has 1 aromatic heterocycles. The smallest absolute Gasteiger partial charge is 0.338 e. The number of hydrogen-bond acceptors (Lipinski definition) is 8. The second kappa shape index (κ2) is 9.53. The van der Waals surface area contributed by atoms with Gasteiger partial charge in [-0.15, -0.1) is 0 Å². The maximum Gasteiger partial charge on any atom is 0.338 e. The lowest BCUT2D eigenvalue weighted by Crippen LogP contribution is -2.74. The van der Waals surface area contributed by atoms with Gasteiger partial charge in [0.1, 0.15) is 12.2 Å². The number of furan rings is 1. The zero-order chi connectivity index (χ0) is 30.5. The number of rotatable bonds is 4. The number of allylic oxidation sites excluding steroid dienone is 1. The molecule has 2 N–H and O–H groups in total. The van der Waals surface area contributed by atoms with Crippen LogP contribution in [0, 0.1) is 33.5 Å². The molecule has 0 spiro atoms. The van der Waals surface area contributed by atoms with Gasteiger partial charge in [0.05, 0.1) is 43.0 Å². The Hall–Kier alpha value is -2.94. The van der Waals surface area contributed by atoms with Gasteiger partial charge in [0.15, 0.2) is 0 Å². The number of benzene rings is 1. The van der Waals surface area contributed by atoms with E-state index in [2.05, 4.69) is 26.8 Å². The predicted octanol–water partition coefficient (Wildman–Crippen LogP) is 5.05. The Balaban J connectivity index is 1.38. The molecule has 8 nitrogen and oxygen atoms in total. The van der Waals surface area contributed by atoms with E-state index in [0.717, 1.165) is 11.1 Å². The van der Waals surface area contributed by atoms with E-state index >= 15 is 0 Å². The van der Waals surface area contributed by atoms with Crippen LogP contribution >= 0.6 is 0 Å². The van der Waals surface area contributed by atoms with E-state index in [1.54, 1.807) is 36.8 Å². The molecule has 2 heterocycles. The molecule has 5 aliphatic rings. The van der Waals surface area contributed by atoms with Gasteiger partial charge in [-0.25, -0.2) is 4.79 Å². The number of fused-ring (bicyclic) bond motifs is 4. The van der Waals surface area contributed by atoms with E-state index in [1.165, 1.54) is 6.92 Å². The molecule has 12 unspecified atom stereocenters. The lowest BCUT2D eigenvalue weighted by atomic mass is 9.36. The van der Waals surface area contributed by atoms with E-state index in [9.17, 15) is 19.8 Å². The first-order valence-electron chi connectivity index (χ1n) is 15.5. The van der Waals surface area contributed by atoms with Gasteiger partial charge in [-0.1, -0.05) is 57.5 Å². The highest BCUT2D eigenvalue weighted by molar-refractivity contribution is 5.89. The highest BCUT2D eigenvalue weighted by Gasteiger charge is 2.78. The lowest BCUT2D eigenvalue weighted by Gasteiger charge is -2.69. The Morgan fingerprint density at radius 3 is 2.37 bits per heavy atom. The first kappa shape index (κ1) is 28.8. The van der Waals surface area contributed by atoms with Crippen molar-refractivity contribution in [1.29, 1.82) is 0 Å². The molecule has 0 amide bonds. The second-order valence-electron chi connectivity index (χ2n) is 14.5. The van der Waals surface area contributed by atoms with Crippen molar-refractivity contribution in [3.05, 3.63) is 71.7 Å². The van der Waals surface area contributed by atoms with Crippen LogP contribution in [-0.4, -0.2) is 59.3 Å². The molecule has 12 atom stereocenters.